The topological polar surface area (TPSA) is 82.4 Å². The molecule has 0 radical (unpaired) electrons. The average molecular weight is 265 g/mol. The van der Waals surface area contributed by atoms with Gasteiger partial charge in [-0.15, -0.1) is 0 Å². The van der Waals surface area contributed by atoms with E-state index in [1.165, 1.54) is 7.11 Å². The fourth-order valence-corrected chi connectivity index (χ4v) is 2.94. The van der Waals surface area contributed by atoms with Gasteiger partial charge >= 0.3 is 6.09 Å². The second-order valence-corrected chi connectivity index (χ2v) is 5.27. The van der Waals surface area contributed by atoms with Crippen LogP contribution < -0.4 is 5.32 Å². The lowest BCUT2D eigenvalue weighted by atomic mass is 9.86. The van der Waals surface area contributed by atoms with Crippen LogP contribution in [0.2, 0.25) is 0 Å². The molecule has 19 heavy (non-hydrogen) atoms. The number of nitriles is 1. The van der Waals surface area contributed by atoms with Crippen LogP contribution in [0.1, 0.15) is 32.1 Å². The van der Waals surface area contributed by atoms with Crippen molar-refractivity contribution in [2.45, 2.75) is 38.1 Å². The molecule has 1 saturated heterocycles. The maximum absolute atomic E-state index is 12.5. The van der Waals surface area contributed by atoms with Crippen LogP contribution in [0.25, 0.3) is 0 Å². The van der Waals surface area contributed by atoms with Crippen molar-refractivity contribution in [3.8, 4) is 6.07 Å². The Kier molecular flexibility index (Phi) is 3.93. The number of likely N-dealkylation sites (tertiary alicyclic amines) is 1. The number of alkyl carbamates (subject to hydrolysis) is 1. The van der Waals surface area contributed by atoms with Gasteiger partial charge in [-0.3, -0.25) is 4.79 Å². The molecule has 1 aliphatic heterocycles. The van der Waals surface area contributed by atoms with E-state index in [0.717, 1.165) is 12.8 Å². The molecule has 0 bridgehead atoms. The van der Waals surface area contributed by atoms with Gasteiger partial charge in [0.1, 0.15) is 5.41 Å². The summed E-state index contributed by atoms with van der Waals surface area (Å²) in [5, 5.41) is 12.0. The molecule has 6 nitrogen and oxygen atoms in total. The van der Waals surface area contributed by atoms with Gasteiger partial charge in [-0.05, 0) is 19.3 Å². The first-order valence-electron chi connectivity index (χ1n) is 6.66. The summed E-state index contributed by atoms with van der Waals surface area (Å²) >= 11 is 0. The fraction of sp³-hybridized carbons (Fsp3) is 0.769. The third-order valence-electron chi connectivity index (χ3n) is 4.06. The van der Waals surface area contributed by atoms with Gasteiger partial charge in [-0.1, -0.05) is 12.8 Å². The fourth-order valence-electron chi connectivity index (χ4n) is 2.94. The quantitative estimate of drug-likeness (QED) is 0.808. The second kappa shape index (κ2) is 5.47. The maximum Gasteiger partial charge on any atom is 0.407 e. The van der Waals surface area contributed by atoms with Gasteiger partial charge in [-0.25, -0.2) is 4.79 Å². The molecule has 104 valence electrons. The third-order valence-corrected chi connectivity index (χ3v) is 4.06. The van der Waals surface area contributed by atoms with Crippen LogP contribution in [-0.4, -0.2) is 43.1 Å². The van der Waals surface area contributed by atoms with Crippen LogP contribution in [0.4, 0.5) is 4.79 Å². The van der Waals surface area contributed by atoms with E-state index < -0.39 is 11.5 Å². The second-order valence-electron chi connectivity index (χ2n) is 5.27. The predicted molar refractivity (Wildman–Crippen MR) is 67.0 cm³/mol. The monoisotopic (exact) mass is 265 g/mol. The largest absolute Gasteiger partial charge is 0.453 e. The van der Waals surface area contributed by atoms with E-state index in [1.807, 2.05) is 0 Å². The zero-order chi connectivity index (χ0) is 13.9. The van der Waals surface area contributed by atoms with E-state index in [4.69, 9.17) is 0 Å². The van der Waals surface area contributed by atoms with Crippen molar-refractivity contribution >= 4 is 12.0 Å². The highest BCUT2D eigenvalue weighted by atomic mass is 16.5. The van der Waals surface area contributed by atoms with E-state index in [-0.39, 0.29) is 11.9 Å². The van der Waals surface area contributed by atoms with E-state index in [0.29, 0.717) is 32.4 Å². The minimum absolute atomic E-state index is 0.0679. The number of rotatable bonds is 2. The van der Waals surface area contributed by atoms with Gasteiger partial charge in [0.25, 0.3) is 0 Å². The molecule has 2 rings (SSSR count). The van der Waals surface area contributed by atoms with Gasteiger partial charge in [0.2, 0.25) is 5.91 Å². The molecule has 1 atom stereocenters. The first kappa shape index (κ1) is 13.7. The zero-order valence-electron chi connectivity index (χ0n) is 11.1. The minimum Gasteiger partial charge on any atom is -0.453 e. The first-order chi connectivity index (χ1) is 9.11. The number of carbonyl (C=O) groups excluding carboxylic acids is 2. The van der Waals surface area contributed by atoms with Crippen molar-refractivity contribution in [1.82, 2.24) is 10.2 Å². The number of amides is 2. The van der Waals surface area contributed by atoms with Gasteiger partial charge in [-0.2, -0.15) is 5.26 Å². The number of hydrogen-bond acceptors (Lipinski definition) is 4. The minimum atomic E-state index is -0.819. The third kappa shape index (κ3) is 2.65. The molecule has 0 spiro atoms. The molecule has 0 aromatic rings. The highest BCUT2D eigenvalue weighted by molar-refractivity contribution is 5.86. The summed E-state index contributed by atoms with van der Waals surface area (Å²) in [6.45, 7) is 1.06. The van der Waals surface area contributed by atoms with Crippen LogP contribution in [0.3, 0.4) is 0 Å². The molecular weight excluding hydrogens is 246 g/mol. The lowest BCUT2D eigenvalue weighted by Crippen LogP contribution is -2.43. The Morgan fingerprint density at radius 1 is 1.42 bits per heavy atom. The van der Waals surface area contributed by atoms with Gasteiger partial charge < -0.3 is 15.0 Å². The Labute approximate surface area is 112 Å². The SMILES string of the molecule is COC(=O)NC1CCN(C(=O)C2(C#N)CCCC2)C1. The highest BCUT2D eigenvalue weighted by Crippen LogP contribution is 2.39. The van der Waals surface area contributed by atoms with E-state index in [2.05, 4.69) is 16.1 Å². The molecule has 0 aromatic heterocycles. The van der Waals surface area contributed by atoms with Crippen LogP contribution in [-0.2, 0) is 9.53 Å². The summed E-state index contributed by atoms with van der Waals surface area (Å²) in [5.41, 5.74) is -0.819. The molecule has 2 amide bonds. The number of ether oxygens (including phenoxy) is 1. The van der Waals surface area contributed by atoms with Crippen LogP contribution >= 0.6 is 0 Å². The highest BCUT2D eigenvalue weighted by Gasteiger charge is 2.45. The average Bonchev–Trinajstić information content (AvgIpc) is 3.07. The predicted octanol–water partition coefficient (Wildman–Crippen LogP) is 1.03. The summed E-state index contributed by atoms with van der Waals surface area (Å²) in [6.07, 6.45) is 3.44. The summed E-state index contributed by atoms with van der Waals surface area (Å²) in [6, 6.07) is 2.14. The molecule has 6 heteroatoms. The molecule has 0 aromatic carbocycles. The van der Waals surface area contributed by atoms with Crippen molar-refractivity contribution in [2.75, 3.05) is 20.2 Å². The van der Waals surface area contributed by atoms with Gasteiger partial charge in [0.05, 0.1) is 19.2 Å². The van der Waals surface area contributed by atoms with E-state index in [1.54, 1.807) is 4.90 Å². The molecule has 2 fully saturated rings. The standard InChI is InChI=1S/C13H19N3O3/c1-19-12(18)15-10-4-7-16(8-10)11(17)13(9-14)5-2-3-6-13/h10H,2-8H2,1H3,(H,15,18). The molecule has 1 N–H and O–H groups in total. The molecule has 1 aliphatic carbocycles. The Bertz CT molecular complexity index is 410. The van der Waals surface area contributed by atoms with E-state index in [9.17, 15) is 14.9 Å². The van der Waals surface area contributed by atoms with Crippen molar-refractivity contribution in [3.63, 3.8) is 0 Å². The summed E-state index contributed by atoms with van der Waals surface area (Å²) in [4.78, 5) is 25.3. The van der Waals surface area contributed by atoms with Gasteiger partial charge in [0, 0.05) is 13.1 Å². The van der Waals surface area contributed by atoms with Crippen LogP contribution in [0, 0.1) is 16.7 Å². The molecule has 1 heterocycles. The lowest BCUT2D eigenvalue weighted by Gasteiger charge is -2.26. The van der Waals surface area contributed by atoms with Crippen molar-refractivity contribution < 1.29 is 14.3 Å². The summed E-state index contributed by atoms with van der Waals surface area (Å²) in [7, 11) is 1.32. The maximum atomic E-state index is 12.5. The summed E-state index contributed by atoms with van der Waals surface area (Å²) < 4.78 is 4.54. The molecule has 2 aliphatic rings. The summed E-state index contributed by atoms with van der Waals surface area (Å²) in [5.74, 6) is -0.0679. The van der Waals surface area contributed by atoms with Crippen molar-refractivity contribution in [1.29, 1.82) is 5.26 Å². The van der Waals surface area contributed by atoms with Gasteiger partial charge in [0.15, 0.2) is 0 Å². The molecular formula is C13H19N3O3. The number of hydrogen-bond donors (Lipinski definition) is 1. The lowest BCUT2D eigenvalue weighted by molar-refractivity contribution is -0.137. The first-order valence-corrected chi connectivity index (χ1v) is 6.66. The van der Waals surface area contributed by atoms with Crippen LogP contribution in [0.15, 0.2) is 0 Å². The zero-order valence-corrected chi connectivity index (χ0v) is 11.1. The Hall–Kier alpha value is -1.77. The van der Waals surface area contributed by atoms with Crippen molar-refractivity contribution in [3.05, 3.63) is 0 Å². The molecule has 1 unspecified atom stereocenters. The molecule has 1 saturated carbocycles. The number of nitrogens with zero attached hydrogens (tertiary/aromatic N) is 2. The Morgan fingerprint density at radius 2 is 2.11 bits per heavy atom. The van der Waals surface area contributed by atoms with E-state index >= 15 is 0 Å². The Balaban J connectivity index is 1.95. The number of carbonyl (C=O) groups is 2. The smallest absolute Gasteiger partial charge is 0.407 e. The van der Waals surface area contributed by atoms with Crippen LogP contribution in [0.5, 0.6) is 0 Å². The van der Waals surface area contributed by atoms with Crippen molar-refractivity contribution in [2.24, 2.45) is 5.41 Å². The number of methoxy groups -OCH3 is 1. The number of nitrogens with one attached hydrogen (secondary N) is 1. The Morgan fingerprint density at radius 3 is 2.68 bits per heavy atom. The normalized spacial score (nSPS) is 24.8.